The summed E-state index contributed by atoms with van der Waals surface area (Å²) >= 11 is 0. The van der Waals surface area contributed by atoms with Crippen LogP contribution >= 0.6 is 0 Å². The number of H-pyrrole nitrogens is 1. The lowest BCUT2D eigenvalue weighted by Gasteiger charge is -2.74. The summed E-state index contributed by atoms with van der Waals surface area (Å²) in [6.07, 6.45) is 9.47. The second-order valence-electron chi connectivity index (χ2n) is 13.5. The van der Waals surface area contributed by atoms with Gasteiger partial charge in [0.05, 0.1) is 5.56 Å². The summed E-state index contributed by atoms with van der Waals surface area (Å²) in [4.78, 5) is 19.6. The molecule has 208 valence electrons. The Morgan fingerprint density at radius 1 is 1.20 bits per heavy atom. The van der Waals surface area contributed by atoms with E-state index in [9.17, 15) is 9.90 Å². The van der Waals surface area contributed by atoms with Gasteiger partial charge in [0.15, 0.2) is 11.5 Å². The van der Waals surface area contributed by atoms with E-state index in [4.69, 9.17) is 9.47 Å². The SMILES string of the molecule is COC12CC[C@@]3(CC1CNC(=O)c1c[nH]c4ccccc14)[C@H]1Cc4ccc(O)c5c4[C@@]3(CCN1CC1CC1)C2O5. The van der Waals surface area contributed by atoms with E-state index in [0.717, 1.165) is 55.5 Å². The Morgan fingerprint density at radius 3 is 2.92 bits per heavy atom. The van der Waals surface area contributed by atoms with Crippen molar-refractivity contribution in [3.8, 4) is 11.5 Å². The number of phenols is 1. The first-order valence-electron chi connectivity index (χ1n) is 15.2. The minimum atomic E-state index is -0.515. The summed E-state index contributed by atoms with van der Waals surface area (Å²) in [7, 11) is 1.83. The van der Waals surface area contributed by atoms with Crippen LogP contribution in [0.15, 0.2) is 42.6 Å². The van der Waals surface area contributed by atoms with Crippen molar-refractivity contribution in [3.63, 3.8) is 0 Å². The predicted octanol–water partition coefficient (Wildman–Crippen LogP) is 4.53. The second kappa shape index (κ2) is 7.83. The summed E-state index contributed by atoms with van der Waals surface area (Å²) in [5.41, 5.74) is 3.67. The topological polar surface area (TPSA) is 86.8 Å². The van der Waals surface area contributed by atoms with Crippen molar-refractivity contribution in [3.05, 3.63) is 59.3 Å². The van der Waals surface area contributed by atoms with Gasteiger partial charge in [-0.15, -0.1) is 0 Å². The van der Waals surface area contributed by atoms with E-state index in [1.807, 2.05) is 43.6 Å². The number of piperidine rings is 1. The zero-order valence-electron chi connectivity index (χ0n) is 23.0. The molecule has 40 heavy (non-hydrogen) atoms. The van der Waals surface area contributed by atoms with Crippen molar-refractivity contribution in [2.24, 2.45) is 17.3 Å². The predicted molar refractivity (Wildman–Crippen MR) is 151 cm³/mol. The van der Waals surface area contributed by atoms with Crippen LogP contribution in [0, 0.1) is 17.3 Å². The Kier molecular flexibility index (Phi) is 4.63. The third kappa shape index (κ3) is 2.71. The number of carbonyl (C=O) groups is 1. The molecule has 7 nitrogen and oxygen atoms in total. The smallest absolute Gasteiger partial charge is 0.253 e. The summed E-state index contributed by atoms with van der Waals surface area (Å²) in [6.45, 7) is 2.83. The maximum absolute atomic E-state index is 13.5. The van der Waals surface area contributed by atoms with Crippen LogP contribution in [0.1, 0.15) is 60.0 Å². The molecule has 3 N–H and O–H groups in total. The van der Waals surface area contributed by atoms with Crippen LogP contribution in [0.2, 0.25) is 0 Å². The lowest BCUT2D eigenvalue weighted by Crippen LogP contribution is -2.81. The first-order chi connectivity index (χ1) is 19.5. The molecule has 2 spiro atoms. The van der Waals surface area contributed by atoms with E-state index in [2.05, 4.69) is 21.3 Å². The van der Waals surface area contributed by atoms with Crippen molar-refractivity contribution in [1.29, 1.82) is 0 Å². The van der Waals surface area contributed by atoms with Crippen molar-refractivity contribution in [1.82, 2.24) is 15.2 Å². The minimum absolute atomic E-state index is 0.0489. The molecule has 7 aliphatic rings. The Morgan fingerprint density at radius 2 is 2.08 bits per heavy atom. The van der Waals surface area contributed by atoms with Gasteiger partial charge in [0.25, 0.3) is 5.91 Å². The number of nitrogens with zero attached hydrogens (tertiary/aromatic N) is 1. The number of fused-ring (bicyclic) bond motifs is 3. The lowest BCUT2D eigenvalue weighted by atomic mass is 9.35. The maximum Gasteiger partial charge on any atom is 0.253 e. The molecule has 3 heterocycles. The van der Waals surface area contributed by atoms with Crippen LogP contribution in [0.25, 0.3) is 10.9 Å². The van der Waals surface area contributed by atoms with Crippen molar-refractivity contribution in [2.75, 3.05) is 26.7 Å². The van der Waals surface area contributed by atoms with Gasteiger partial charge in [-0.05, 0) is 75.1 Å². The molecule has 6 atom stereocenters. The number of aromatic amines is 1. The number of amides is 1. The number of hydrogen-bond acceptors (Lipinski definition) is 5. The van der Waals surface area contributed by atoms with Gasteiger partial charge >= 0.3 is 0 Å². The Bertz CT molecular complexity index is 1560. The number of likely N-dealkylation sites (tertiary alicyclic amines) is 1. The molecule has 5 fully saturated rings. The van der Waals surface area contributed by atoms with Gasteiger partial charge < -0.3 is 24.9 Å². The highest BCUT2D eigenvalue weighted by molar-refractivity contribution is 6.06. The summed E-state index contributed by atoms with van der Waals surface area (Å²) in [6, 6.07) is 12.4. The van der Waals surface area contributed by atoms with E-state index in [-0.39, 0.29) is 34.5 Å². The van der Waals surface area contributed by atoms with Crippen LogP contribution in [-0.4, -0.2) is 65.4 Å². The van der Waals surface area contributed by atoms with Crippen LogP contribution in [-0.2, 0) is 16.6 Å². The summed E-state index contributed by atoms with van der Waals surface area (Å²) in [5.74, 6) is 1.88. The van der Waals surface area contributed by atoms with E-state index in [1.54, 1.807) is 0 Å². The number of methoxy groups -OCH3 is 1. The molecule has 1 saturated heterocycles. The highest BCUT2D eigenvalue weighted by Gasteiger charge is 2.80. The van der Waals surface area contributed by atoms with Gasteiger partial charge in [-0.2, -0.15) is 0 Å². The number of aromatic hydroxyl groups is 1. The molecule has 0 radical (unpaired) electrons. The van der Waals surface area contributed by atoms with Crippen molar-refractivity contribution < 1.29 is 19.4 Å². The standard InChI is InChI=1S/C33H37N3O4/c1-39-33-11-10-31(15-21(33)16-35-29(38)23-17-34-24-5-3-2-4-22(23)24)26-14-20-8-9-25(37)28-27(20)32(31,30(33)40-28)12-13-36(26)18-19-6-7-19/h2-5,8-9,17,19,21,26,30,34,37H,6-7,10-16,18H2,1H3,(H,35,38)/t21?,26-,30?,31-,32+,33?/m1/s1. The van der Waals surface area contributed by atoms with Gasteiger partial charge in [0.2, 0.25) is 0 Å². The number of carbonyl (C=O) groups excluding carboxylic acids is 1. The summed E-state index contributed by atoms with van der Waals surface area (Å²) < 4.78 is 13.5. The third-order valence-corrected chi connectivity index (χ3v) is 12.1. The fourth-order valence-electron chi connectivity index (χ4n) is 10.4. The monoisotopic (exact) mass is 539 g/mol. The molecule has 4 bridgehead atoms. The normalized spacial score (nSPS) is 36.9. The summed E-state index contributed by atoms with van der Waals surface area (Å²) in [5, 5.41) is 15.3. The molecular formula is C33H37N3O4. The lowest BCUT2D eigenvalue weighted by molar-refractivity contribution is -0.275. The number of nitrogens with one attached hydrogen (secondary N) is 2. The van der Waals surface area contributed by atoms with E-state index >= 15 is 0 Å². The van der Waals surface area contributed by atoms with Crippen LogP contribution in [0.3, 0.4) is 0 Å². The van der Waals surface area contributed by atoms with Crippen LogP contribution in [0.4, 0.5) is 0 Å². The Hall–Kier alpha value is -3.03. The minimum Gasteiger partial charge on any atom is -0.504 e. The Labute approximate surface area is 234 Å². The molecule has 3 aromatic rings. The molecule has 1 aromatic heterocycles. The molecule has 7 heteroatoms. The number of phenolic OH excluding ortho intramolecular Hbond substituents is 1. The molecule has 3 unspecified atom stereocenters. The largest absolute Gasteiger partial charge is 0.504 e. The van der Waals surface area contributed by atoms with E-state index in [1.165, 1.54) is 30.5 Å². The third-order valence-electron chi connectivity index (χ3n) is 12.1. The van der Waals surface area contributed by atoms with Gasteiger partial charge in [0.1, 0.15) is 11.7 Å². The molecule has 4 saturated carbocycles. The highest BCUT2D eigenvalue weighted by Crippen LogP contribution is 2.76. The number of ether oxygens (including phenoxy) is 2. The van der Waals surface area contributed by atoms with Gasteiger partial charge in [-0.3, -0.25) is 9.69 Å². The number of hydrogen-bond donors (Lipinski definition) is 3. The average Bonchev–Trinajstić information content (AvgIpc) is 3.56. The van der Waals surface area contributed by atoms with Crippen molar-refractivity contribution in [2.45, 2.75) is 68.1 Å². The molecule has 10 rings (SSSR count). The van der Waals surface area contributed by atoms with Gasteiger partial charge in [0, 0.05) is 65.7 Å². The number of rotatable bonds is 6. The second-order valence-corrected chi connectivity index (χ2v) is 13.5. The van der Waals surface area contributed by atoms with Gasteiger partial charge in [-0.25, -0.2) is 0 Å². The molecular weight excluding hydrogens is 502 g/mol. The first-order valence-corrected chi connectivity index (χ1v) is 15.2. The molecule has 1 amide bonds. The quantitative estimate of drug-likeness (QED) is 0.429. The zero-order valence-corrected chi connectivity index (χ0v) is 23.0. The maximum atomic E-state index is 13.5. The van der Waals surface area contributed by atoms with E-state index in [0.29, 0.717) is 23.9 Å². The van der Waals surface area contributed by atoms with Crippen LogP contribution in [0.5, 0.6) is 11.5 Å². The molecule has 5 aliphatic carbocycles. The number of benzene rings is 2. The zero-order chi connectivity index (χ0) is 26.9. The number of aromatic nitrogens is 1. The van der Waals surface area contributed by atoms with E-state index < -0.39 is 5.60 Å². The molecule has 2 aliphatic heterocycles. The number of para-hydroxylation sites is 1. The first kappa shape index (κ1) is 23.7. The van der Waals surface area contributed by atoms with Crippen molar-refractivity contribution >= 4 is 16.8 Å². The fourth-order valence-corrected chi connectivity index (χ4v) is 10.4. The average molecular weight is 540 g/mol. The molecule has 2 aromatic carbocycles. The van der Waals surface area contributed by atoms with Gasteiger partial charge in [-0.1, -0.05) is 24.3 Å². The highest BCUT2D eigenvalue weighted by atomic mass is 16.6. The van der Waals surface area contributed by atoms with Crippen LogP contribution < -0.4 is 10.1 Å². The fraction of sp³-hybridized carbons (Fsp3) is 0.545. The Balaban J connectivity index is 1.12.